The Bertz CT molecular complexity index is 635. The third-order valence-corrected chi connectivity index (χ3v) is 3.67. The summed E-state index contributed by atoms with van der Waals surface area (Å²) >= 11 is 0. The Labute approximate surface area is 119 Å². The van der Waals surface area contributed by atoms with Crippen molar-refractivity contribution in [2.75, 3.05) is 11.1 Å². The van der Waals surface area contributed by atoms with E-state index >= 15 is 0 Å². The molecule has 20 heavy (non-hydrogen) atoms. The third-order valence-electron chi connectivity index (χ3n) is 3.67. The third kappa shape index (κ3) is 2.99. The van der Waals surface area contributed by atoms with Crippen LogP contribution < -0.4 is 11.1 Å². The number of carbonyl (C=O) groups is 1. The van der Waals surface area contributed by atoms with Crippen molar-refractivity contribution in [3.63, 3.8) is 0 Å². The molecule has 0 fully saturated rings. The summed E-state index contributed by atoms with van der Waals surface area (Å²) in [7, 11) is 0. The highest BCUT2D eigenvalue weighted by Crippen LogP contribution is 2.22. The average Bonchev–Trinajstić information content (AvgIpc) is 2.43. The average molecular weight is 268 g/mol. The summed E-state index contributed by atoms with van der Waals surface area (Å²) in [6.07, 6.45) is 0. The SMILES string of the molecule is Cc1cccc(NC(=O)C(C)c2cccc(N)c2)c1C. The first-order valence-corrected chi connectivity index (χ1v) is 6.71. The molecule has 1 atom stereocenters. The summed E-state index contributed by atoms with van der Waals surface area (Å²) in [5.74, 6) is -0.261. The predicted octanol–water partition coefficient (Wildman–Crippen LogP) is 3.63. The van der Waals surface area contributed by atoms with Gasteiger partial charge in [0.05, 0.1) is 5.92 Å². The molecule has 0 aliphatic heterocycles. The van der Waals surface area contributed by atoms with Crippen LogP contribution in [0.1, 0.15) is 29.5 Å². The van der Waals surface area contributed by atoms with E-state index in [0.717, 1.165) is 16.8 Å². The van der Waals surface area contributed by atoms with Crippen LogP contribution in [0.2, 0.25) is 0 Å². The molecule has 0 aromatic heterocycles. The van der Waals surface area contributed by atoms with Gasteiger partial charge in [0, 0.05) is 11.4 Å². The van der Waals surface area contributed by atoms with Gasteiger partial charge in [0.15, 0.2) is 0 Å². The quantitative estimate of drug-likeness (QED) is 0.835. The minimum absolute atomic E-state index is 0.0238. The van der Waals surface area contributed by atoms with Gasteiger partial charge in [-0.25, -0.2) is 0 Å². The van der Waals surface area contributed by atoms with Crippen molar-refractivity contribution in [1.82, 2.24) is 0 Å². The van der Waals surface area contributed by atoms with Gasteiger partial charge in [-0.3, -0.25) is 4.79 Å². The maximum atomic E-state index is 12.3. The monoisotopic (exact) mass is 268 g/mol. The van der Waals surface area contributed by atoms with Crippen LogP contribution in [0.5, 0.6) is 0 Å². The Balaban J connectivity index is 2.18. The standard InChI is InChI=1S/C17H20N2O/c1-11-6-4-9-16(12(11)2)19-17(20)13(3)14-7-5-8-15(18)10-14/h4-10,13H,18H2,1-3H3,(H,19,20). The van der Waals surface area contributed by atoms with Gasteiger partial charge in [-0.15, -0.1) is 0 Å². The molecule has 0 aliphatic rings. The lowest BCUT2D eigenvalue weighted by molar-refractivity contribution is -0.117. The molecule has 104 valence electrons. The van der Waals surface area contributed by atoms with Crippen LogP contribution in [0.3, 0.4) is 0 Å². The van der Waals surface area contributed by atoms with Crippen LogP contribution in [0.15, 0.2) is 42.5 Å². The number of rotatable bonds is 3. The van der Waals surface area contributed by atoms with Crippen LogP contribution in [0.25, 0.3) is 0 Å². The molecule has 0 aliphatic carbocycles. The van der Waals surface area contributed by atoms with Gasteiger partial charge >= 0.3 is 0 Å². The fourth-order valence-corrected chi connectivity index (χ4v) is 2.11. The summed E-state index contributed by atoms with van der Waals surface area (Å²) in [4.78, 5) is 12.3. The number of hydrogen-bond donors (Lipinski definition) is 2. The van der Waals surface area contributed by atoms with Gasteiger partial charge in [0.1, 0.15) is 0 Å². The van der Waals surface area contributed by atoms with Crippen molar-refractivity contribution in [3.8, 4) is 0 Å². The number of nitrogens with two attached hydrogens (primary N) is 1. The molecule has 0 spiro atoms. The number of carbonyl (C=O) groups excluding carboxylic acids is 1. The number of nitrogens with one attached hydrogen (secondary N) is 1. The van der Waals surface area contributed by atoms with Gasteiger partial charge in [0.2, 0.25) is 5.91 Å². The van der Waals surface area contributed by atoms with Crippen LogP contribution in [0.4, 0.5) is 11.4 Å². The lowest BCUT2D eigenvalue weighted by Crippen LogP contribution is -2.19. The molecule has 3 N–H and O–H groups in total. The fourth-order valence-electron chi connectivity index (χ4n) is 2.11. The molecule has 2 rings (SSSR count). The molecule has 0 saturated carbocycles. The van der Waals surface area contributed by atoms with Crippen molar-refractivity contribution in [2.45, 2.75) is 26.7 Å². The second-order valence-electron chi connectivity index (χ2n) is 5.13. The molecule has 3 nitrogen and oxygen atoms in total. The van der Waals surface area contributed by atoms with E-state index in [1.165, 1.54) is 5.56 Å². The Hall–Kier alpha value is -2.29. The van der Waals surface area contributed by atoms with Crippen molar-refractivity contribution in [1.29, 1.82) is 0 Å². The molecule has 2 aromatic carbocycles. The van der Waals surface area contributed by atoms with E-state index in [1.807, 2.05) is 63.2 Å². The second-order valence-corrected chi connectivity index (χ2v) is 5.13. The topological polar surface area (TPSA) is 55.1 Å². The zero-order valence-corrected chi connectivity index (χ0v) is 12.1. The molecule has 0 heterocycles. The molecule has 1 amide bonds. The molecular formula is C17H20N2O. The predicted molar refractivity (Wildman–Crippen MR) is 83.8 cm³/mol. The van der Waals surface area contributed by atoms with Crippen LogP contribution in [-0.4, -0.2) is 5.91 Å². The van der Waals surface area contributed by atoms with Crippen LogP contribution in [0, 0.1) is 13.8 Å². The van der Waals surface area contributed by atoms with Gasteiger partial charge in [-0.2, -0.15) is 0 Å². The Morgan fingerprint density at radius 3 is 2.55 bits per heavy atom. The van der Waals surface area contributed by atoms with Crippen LogP contribution >= 0.6 is 0 Å². The van der Waals surface area contributed by atoms with E-state index in [-0.39, 0.29) is 11.8 Å². The minimum atomic E-state index is -0.238. The van der Waals surface area contributed by atoms with Crippen LogP contribution in [-0.2, 0) is 4.79 Å². The zero-order valence-electron chi connectivity index (χ0n) is 12.1. The van der Waals surface area contributed by atoms with E-state index in [1.54, 1.807) is 0 Å². The first-order valence-electron chi connectivity index (χ1n) is 6.71. The molecule has 0 radical (unpaired) electrons. The zero-order chi connectivity index (χ0) is 14.7. The maximum absolute atomic E-state index is 12.3. The Morgan fingerprint density at radius 2 is 1.85 bits per heavy atom. The highest BCUT2D eigenvalue weighted by Gasteiger charge is 2.16. The lowest BCUT2D eigenvalue weighted by atomic mass is 9.99. The number of hydrogen-bond acceptors (Lipinski definition) is 2. The van der Waals surface area contributed by atoms with Gasteiger partial charge < -0.3 is 11.1 Å². The number of aryl methyl sites for hydroxylation is 1. The maximum Gasteiger partial charge on any atom is 0.231 e. The number of anilines is 2. The number of benzene rings is 2. The number of amides is 1. The van der Waals surface area contributed by atoms with Gasteiger partial charge in [0.25, 0.3) is 0 Å². The molecule has 3 heteroatoms. The molecule has 1 unspecified atom stereocenters. The van der Waals surface area contributed by atoms with E-state index < -0.39 is 0 Å². The lowest BCUT2D eigenvalue weighted by Gasteiger charge is -2.15. The molecule has 2 aromatic rings. The van der Waals surface area contributed by atoms with E-state index in [2.05, 4.69) is 5.32 Å². The Morgan fingerprint density at radius 1 is 1.15 bits per heavy atom. The Kier molecular flexibility index (Phi) is 4.08. The summed E-state index contributed by atoms with van der Waals surface area (Å²) in [6.45, 7) is 5.93. The summed E-state index contributed by atoms with van der Waals surface area (Å²) in [5.41, 5.74) is 10.5. The highest BCUT2D eigenvalue weighted by molar-refractivity contribution is 5.96. The first kappa shape index (κ1) is 14.1. The second kappa shape index (κ2) is 5.78. The van der Waals surface area contributed by atoms with Crippen molar-refractivity contribution < 1.29 is 4.79 Å². The minimum Gasteiger partial charge on any atom is -0.399 e. The smallest absolute Gasteiger partial charge is 0.231 e. The first-order chi connectivity index (χ1) is 9.49. The van der Waals surface area contributed by atoms with E-state index in [9.17, 15) is 4.79 Å². The highest BCUT2D eigenvalue weighted by atomic mass is 16.1. The van der Waals surface area contributed by atoms with E-state index in [4.69, 9.17) is 5.73 Å². The summed E-state index contributed by atoms with van der Waals surface area (Å²) in [6, 6.07) is 13.4. The molecule has 0 bridgehead atoms. The molecular weight excluding hydrogens is 248 g/mol. The van der Waals surface area contributed by atoms with Crippen molar-refractivity contribution in [3.05, 3.63) is 59.2 Å². The van der Waals surface area contributed by atoms with Gasteiger partial charge in [-0.05, 0) is 55.7 Å². The van der Waals surface area contributed by atoms with E-state index in [0.29, 0.717) is 5.69 Å². The van der Waals surface area contributed by atoms with Crippen molar-refractivity contribution in [2.24, 2.45) is 0 Å². The number of nitrogen functional groups attached to an aromatic ring is 1. The fraction of sp³-hybridized carbons (Fsp3) is 0.235. The largest absolute Gasteiger partial charge is 0.399 e. The normalized spacial score (nSPS) is 11.9. The molecule has 0 saturated heterocycles. The van der Waals surface area contributed by atoms with Crippen molar-refractivity contribution >= 4 is 17.3 Å². The summed E-state index contributed by atoms with van der Waals surface area (Å²) < 4.78 is 0. The summed E-state index contributed by atoms with van der Waals surface area (Å²) in [5, 5.41) is 2.99. The van der Waals surface area contributed by atoms with Gasteiger partial charge in [-0.1, -0.05) is 24.3 Å².